The van der Waals surface area contributed by atoms with E-state index in [1.807, 2.05) is 23.6 Å². The van der Waals surface area contributed by atoms with Gasteiger partial charge in [0.05, 0.1) is 4.70 Å². The van der Waals surface area contributed by atoms with Crippen LogP contribution in [0, 0.1) is 5.82 Å². The fraction of sp³-hybridized carbons (Fsp3) is 0.0667. The first-order chi connectivity index (χ1) is 9.24. The van der Waals surface area contributed by atoms with Crippen LogP contribution in [0.15, 0.2) is 47.8 Å². The van der Waals surface area contributed by atoms with Gasteiger partial charge in [-0.1, -0.05) is 23.7 Å². The van der Waals surface area contributed by atoms with Gasteiger partial charge in [0.1, 0.15) is 18.2 Å². The van der Waals surface area contributed by atoms with E-state index in [4.69, 9.17) is 16.3 Å². The van der Waals surface area contributed by atoms with Crippen molar-refractivity contribution in [1.82, 2.24) is 0 Å². The molecule has 0 aliphatic heterocycles. The molecule has 1 nitrogen and oxygen atoms in total. The van der Waals surface area contributed by atoms with Crippen molar-refractivity contribution in [2.24, 2.45) is 0 Å². The molecule has 1 heterocycles. The molecule has 0 saturated carbocycles. The molecule has 3 aromatic rings. The maximum atomic E-state index is 13.6. The molecule has 3 rings (SSSR count). The van der Waals surface area contributed by atoms with Crippen LogP contribution in [0.5, 0.6) is 5.75 Å². The zero-order valence-electron chi connectivity index (χ0n) is 9.90. The number of halogens is 2. The van der Waals surface area contributed by atoms with Crippen molar-refractivity contribution in [1.29, 1.82) is 0 Å². The van der Waals surface area contributed by atoms with Crippen LogP contribution in [0.1, 0.15) is 5.56 Å². The van der Waals surface area contributed by atoms with Crippen molar-refractivity contribution in [3.8, 4) is 5.75 Å². The molecule has 0 fully saturated rings. The first-order valence-corrected chi connectivity index (χ1v) is 7.03. The predicted octanol–water partition coefficient (Wildman–Crippen LogP) is 5.27. The summed E-state index contributed by atoms with van der Waals surface area (Å²) in [5.74, 6) is 0.570. The summed E-state index contributed by atoms with van der Waals surface area (Å²) in [7, 11) is 0. The molecular weight excluding hydrogens is 283 g/mol. The van der Waals surface area contributed by atoms with Gasteiger partial charge in [-0.3, -0.25) is 0 Å². The third-order valence-electron chi connectivity index (χ3n) is 2.84. The quantitative estimate of drug-likeness (QED) is 0.639. The third kappa shape index (κ3) is 2.57. The first kappa shape index (κ1) is 12.5. The lowest BCUT2D eigenvalue weighted by molar-refractivity contribution is 0.308. The van der Waals surface area contributed by atoms with Crippen LogP contribution >= 0.6 is 22.9 Å². The van der Waals surface area contributed by atoms with E-state index in [9.17, 15) is 4.39 Å². The van der Waals surface area contributed by atoms with E-state index in [-0.39, 0.29) is 5.82 Å². The van der Waals surface area contributed by atoms with Gasteiger partial charge < -0.3 is 4.74 Å². The zero-order valence-corrected chi connectivity index (χ0v) is 11.5. The monoisotopic (exact) mass is 292 g/mol. The Morgan fingerprint density at radius 2 is 1.89 bits per heavy atom. The van der Waals surface area contributed by atoms with E-state index in [2.05, 4.69) is 0 Å². The molecule has 19 heavy (non-hydrogen) atoms. The summed E-state index contributed by atoms with van der Waals surface area (Å²) in [5.41, 5.74) is 0.995. The SMILES string of the molecule is Fc1cccc2c(COc3ccc(Cl)cc3)csc12. The molecule has 0 unspecified atom stereocenters. The molecule has 1 aromatic heterocycles. The van der Waals surface area contributed by atoms with E-state index >= 15 is 0 Å². The van der Waals surface area contributed by atoms with Crippen LogP contribution < -0.4 is 4.74 Å². The average molecular weight is 293 g/mol. The van der Waals surface area contributed by atoms with E-state index in [0.717, 1.165) is 16.7 Å². The van der Waals surface area contributed by atoms with Crippen LogP contribution in [0.25, 0.3) is 10.1 Å². The Kier molecular flexibility index (Phi) is 3.40. The number of hydrogen-bond donors (Lipinski definition) is 0. The van der Waals surface area contributed by atoms with Crippen LogP contribution in [0.3, 0.4) is 0 Å². The molecule has 0 N–H and O–H groups in total. The predicted molar refractivity (Wildman–Crippen MR) is 77.6 cm³/mol. The summed E-state index contributed by atoms with van der Waals surface area (Å²) in [6, 6.07) is 12.3. The van der Waals surface area contributed by atoms with E-state index in [0.29, 0.717) is 16.3 Å². The second-order valence-electron chi connectivity index (χ2n) is 4.12. The Bertz CT molecular complexity index is 706. The number of fused-ring (bicyclic) bond motifs is 1. The minimum Gasteiger partial charge on any atom is -0.489 e. The van der Waals surface area contributed by atoms with Crippen LogP contribution in [-0.2, 0) is 6.61 Å². The highest BCUT2D eigenvalue weighted by atomic mass is 35.5. The first-order valence-electron chi connectivity index (χ1n) is 5.77. The van der Waals surface area contributed by atoms with Crippen molar-refractivity contribution < 1.29 is 9.13 Å². The molecule has 2 aromatic carbocycles. The van der Waals surface area contributed by atoms with Crippen molar-refractivity contribution in [3.05, 3.63) is 64.2 Å². The minimum atomic E-state index is -0.180. The lowest BCUT2D eigenvalue weighted by atomic mass is 10.2. The standard InChI is InChI=1S/C15H10ClFOS/c16-11-4-6-12(7-5-11)18-8-10-9-19-15-13(10)2-1-3-14(15)17/h1-7,9H,8H2. The largest absolute Gasteiger partial charge is 0.489 e. The maximum absolute atomic E-state index is 13.6. The van der Waals surface area contributed by atoms with Gasteiger partial charge in [-0.05, 0) is 35.7 Å². The number of thiophene rings is 1. The second-order valence-corrected chi connectivity index (χ2v) is 5.44. The lowest BCUT2D eigenvalue weighted by Gasteiger charge is -2.05. The van der Waals surface area contributed by atoms with Crippen molar-refractivity contribution >= 4 is 33.0 Å². The van der Waals surface area contributed by atoms with Gasteiger partial charge >= 0.3 is 0 Å². The summed E-state index contributed by atoms with van der Waals surface area (Å²) in [6.45, 7) is 0.422. The Morgan fingerprint density at radius 3 is 2.68 bits per heavy atom. The van der Waals surface area contributed by atoms with Gasteiger partial charge in [0.2, 0.25) is 0 Å². The molecule has 0 aliphatic carbocycles. The van der Waals surface area contributed by atoms with Gasteiger partial charge in [0.25, 0.3) is 0 Å². The fourth-order valence-corrected chi connectivity index (χ4v) is 2.97. The Labute approximate surface area is 119 Å². The molecule has 96 valence electrons. The van der Waals surface area contributed by atoms with Gasteiger partial charge in [0.15, 0.2) is 0 Å². The molecule has 0 radical (unpaired) electrons. The summed E-state index contributed by atoms with van der Waals surface area (Å²) in [5, 5.41) is 3.53. The molecule has 0 spiro atoms. The Hall–Kier alpha value is -1.58. The third-order valence-corrected chi connectivity index (χ3v) is 4.14. The van der Waals surface area contributed by atoms with Crippen molar-refractivity contribution in [3.63, 3.8) is 0 Å². The highest BCUT2D eigenvalue weighted by molar-refractivity contribution is 7.17. The molecule has 0 aliphatic rings. The topological polar surface area (TPSA) is 9.23 Å². The molecule has 0 amide bonds. The summed E-state index contributed by atoms with van der Waals surface area (Å²) in [6.07, 6.45) is 0. The molecular formula is C15H10ClFOS. The van der Waals surface area contributed by atoms with Gasteiger partial charge in [-0.25, -0.2) is 4.39 Å². The zero-order chi connectivity index (χ0) is 13.2. The lowest BCUT2D eigenvalue weighted by Crippen LogP contribution is -1.94. The van der Waals surface area contributed by atoms with Crippen LogP contribution in [-0.4, -0.2) is 0 Å². The normalized spacial score (nSPS) is 10.8. The van der Waals surface area contributed by atoms with Crippen LogP contribution in [0.4, 0.5) is 4.39 Å². The number of benzene rings is 2. The average Bonchev–Trinajstić information content (AvgIpc) is 2.83. The maximum Gasteiger partial charge on any atom is 0.140 e. The summed E-state index contributed by atoms with van der Waals surface area (Å²) < 4.78 is 19.9. The van der Waals surface area contributed by atoms with Crippen molar-refractivity contribution in [2.75, 3.05) is 0 Å². The fourth-order valence-electron chi connectivity index (χ4n) is 1.88. The highest BCUT2D eigenvalue weighted by Gasteiger charge is 2.08. The smallest absolute Gasteiger partial charge is 0.140 e. The summed E-state index contributed by atoms with van der Waals surface area (Å²) >= 11 is 7.21. The minimum absolute atomic E-state index is 0.180. The van der Waals surface area contributed by atoms with E-state index < -0.39 is 0 Å². The van der Waals surface area contributed by atoms with Gasteiger partial charge in [-0.15, -0.1) is 11.3 Å². The number of ether oxygens (including phenoxy) is 1. The molecule has 0 saturated heterocycles. The summed E-state index contributed by atoms with van der Waals surface area (Å²) in [4.78, 5) is 0. The van der Waals surface area contributed by atoms with Gasteiger partial charge in [-0.2, -0.15) is 0 Å². The van der Waals surface area contributed by atoms with Crippen molar-refractivity contribution in [2.45, 2.75) is 6.61 Å². The molecule has 0 atom stereocenters. The highest BCUT2D eigenvalue weighted by Crippen LogP contribution is 2.29. The van der Waals surface area contributed by atoms with Gasteiger partial charge in [0, 0.05) is 16.0 Å². The second kappa shape index (κ2) is 5.19. The van der Waals surface area contributed by atoms with Crippen LogP contribution in [0.2, 0.25) is 5.02 Å². The Balaban J connectivity index is 1.82. The number of rotatable bonds is 3. The van der Waals surface area contributed by atoms with E-state index in [1.165, 1.54) is 17.4 Å². The molecule has 0 bridgehead atoms. The number of hydrogen-bond acceptors (Lipinski definition) is 2. The molecule has 4 heteroatoms. The van der Waals surface area contributed by atoms with E-state index in [1.54, 1.807) is 18.2 Å². The Morgan fingerprint density at radius 1 is 1.11 bits per heavy atom.